The molecule has 128 valence electrons. The van der Waals surface area contributed by atoms with Crippen LogP contribution in [0.3, 0.4) is 0 Å². The minimum absolute atomic E-state index is 0.125. The second kappa shape index (κ2) is 6.62. The normalized spacial score (nSPS) is 18.4. The summed E-state index contributed by atoms with van der Waals surface area (Å²) in [6.45, 7) is 4.33. The standard InChI is InChI=1S/C12H14N6O4S2/c1-4-17-11(19)9(12(20)18(5-2)24(17,21)22)14-15-10-8(6-13)7(3)16-23-10/h9H,4-5H2,1-3H3. The molecule has 2 heterocycles. The van der Waals surface area contributed by atoms with E-state index in [0.29, 0.717) is 14.3 Å². The van der Waals surface area contributed by atoms with Crippen LogP contribution in [0, 0.1) is 18.3 Å². The lowest BCUT2D eigenvalue weighted by Crippen LogP contribution is -2.61. The Labute approximate surface area is 142 Å². The van der Waals surface area contributed by atoms with Crippen molar-refractivity contribution in [1.82, 2.24) is 13.0 Å². The first-order valence-electron chi connectivity index (χ1n) is 6.94. The Hall–Kier alpha value is -2.39. The third-order valence-corrected chi connectivity index (χ3v) is 6.13. The zero-order valence-electron chi connectivity index (χ0n) is 13.1. The van der Waals surface area contributed by atoms with Gasteiger partial charge in [-0.1, -0.05) is 0 Å². The molecule has 24 heavy (non-hydrogen) atoms. The van der Waals surface area contributed by atoms with Gasteiger partial charge >= 0.3 is 10.2 Å². The van der Waals surface area contributed by atoms with E-state index in [9.17, 15) is 18.0 Å². The average molecular weight is 370 g/mol. The first-order valence-corrected chi connectivity index (χ1v) is 9.11. The van der Waals surface area contributed by atoms with Crippen molar-refractivity contribution in [2.75, 3.05) is 13.1 Å². The van der Waals surface area contributed by atoms with E-state index in [4.69, 9.17) is 5.26 Å². The number of nitrogens with zero attached hydrogens (tertiary/aromatic N) is 6. The van der Waals surface area contributed by atoms with Crippen LogP contribution in [0.1, 0.15) is 25.1 Å². The van der Waals surface area contributed by atoms with E-state index in [-0.39, 0.29) is 23.7 Å². The van der Waals surface area contributed by atoms with Crippen LogP contribution in [-0.2, 0) is 19.8 Å². The molecule has 1 aromatic rings. The van der Waals surface area contributed by atoms with Crippen LogP contribution in [-0.4, -0.2) is 52.3 Å². The van der Waals surface area contributed by atoms with Crippen LogP contribution in [0.15, 0.2) is 10.2 Å². The number of carbonyl (C=O) groups is 2. The van der Waals surface area contributed by atoms with E-state index in [1.165, 1.54) is 13.8 Å². The lowest BCUT2D eigenvalue weighted by Gasteiger charge is -2.35. The molecule has 0 unspecified atom stereocenters. The molecule has 0 aliphatic carbocycles. The van der Waals surface area contributed by atoms with Crippen LogP contribution in [0.2, 0.25) is 0 Å². The zero-order valence-corrected chi connectivity index (χ0v) is 14.8. The summed E-state index contributed by atoms with van der Waals surface area (Å²) in [7, 11) is -4.18. The summed E-state index contributed by atoms with van der Waals surface area (Å²) in [6.07, 6.45) is 0. The van der Waals surface area contributed by atoms with Gasteiger partial charge in [0.15, 0.2) is 5.00 Å². The Morgan fingerprint density at radius 2 is 1.79 bits per heavy atom. The van der Waals surface area contributed by atoms with Crippen molar-refractivity contribution in [3.8, 4) is 6.07 Å². The summed E-state index contributed by atoms with van der Waals surface area (Å²) in [5.74, 6) is -1.92. The second-order valence-electron chi connectivity index (χ2n) is 4.69. The third-order valence-electron chi connectivity index (χ3n) is 3.31. The Bertz CT molecular complexity index is 823. The average Bonchev–Trinajstić information content (AvgIpc) is 2.87. The topological polar surface area (TPSA) is 136 Å². The highest BCUT2D eigenvalue weighted by Crippen LogP contribution is 2.28. The number of aromatic nitrogens is 1. The van der Waals surface area contributed by atoms with Gasteiger partial charge in [0.2, 0.25) is 6.04 Å². The van der Waals surface area contributed by atoms with Gasteiger partial charge < -0.3 is 0 Å². The number of aryl methyl sites for hydroxylation is 1. The van der Waals surface area contributed by atoms with Crippen molar-refractivity contribution in [1.29, 1.82) is 5.26 Å². The van der Waals surface area contributed by atoms with E-state index >= 15 is 0 Å². The zero-order chi connectivity index (χ0) is 18.1. The molecule has 12 heteroatoms. The molecule has 1 saturated heterocycles. The van der Waals surface area contributed by atoms with Crippen LogP contribution in [0.5, 0.6) is 0 Å². The van der Waals surface area contributed by atoms with Crippen LogP contribution in [0.25, 0.3) is 0 Å². The lowest BCUT2D eigenvalue weighted by molar-refractivity contribution is -0.140. The van der Waals surface area contributed by atoms with Gasteiger partial charge in [0.1, 0.15) is 11.6 Å². The number of hydrogen-bond donors (Lipinski definition) is 0. The molecule has 0 spiro atoms. The van der Waals surface area contributed by atoms with Gasteiger partial charge in [-0.3, -0.25) is 9.59 Å². The van der Waals surface area contributed by atoms with Crippen LogP contribution in [0.4, 0.5) is 5.00 Å². The van der Waals surface area contributed by atoms with Gasteiger partial charge in [-0.2, -0.15) is 23.2 Å². The fourth-order valence-corrected chi connectivity index (χ4v) is 4.35. The molecule has 1 aromatic heterocycles. The molecular weight excluding hydrogens is 356 g/mol. The highest BCUT2D eigenvalue weighted by atomic mass is 32.2. The Morgan fingerprint density at radius 3 is 2.25 bits per heavy atom. The van der Waals surface area contributed by atoms with E-state index in [2.05, 4.69) is 14.6 Å². The number of azo groups is 1. The summed E-state index contributed by atoms with van der Waals surface area (Å²) < 4.78 is 29.5. The number of likely N-dealkylation sites (N-methyl/N-ethyl adjacent to an activating group) is 2. The molecule has 0 aromatic carbocycles. The lowest BCUT2D eigenvalue weighted by atomic mass is 10.2. The number of carbonyl (C=O) groups excluding carboxylic acids is 2. The predicted molar refractivity (Wildman–Crippen MR) is 83.6 cm³/mol. The summed E-state index contributed by atoms with van der Waals surface area (Å²) in [5.41, 5.74) is 0.664. The summed E-state index contributed by atoms with van der Waals surface area (Å²) in [5, 5.41) is 16.7. The Morgan fingerprint density at radius 1 is 1.25 bits per heavy atom. The minimum Gasteiger partial charge on any atom is -0.271 e. The van der Waals surface area contributed by atoms with E-state index in [1.807, 2.05) is 6.07 Å². The number of rotatable bonds is 4. The van der Waals surface area contributed by atoms with Gasteiger partial charge in [-0.05, 0) is 32.3 Å². The second-order valence-corrected chi connectivity index (χ2v) is 7.22. The molecule has 2 rings (SSSR count). The van der Waals surface area contributed by atoms with Gasteiger partial charge in [0.25, 0.3) is 11.8 Å². The van der Waals surface area contributed by atoms with E-state index < -0.39 is 28.1 Å². The molecular formula is C12H14N6O4S2. The SMILES string of the molecule is CCN1C(=O)C(N=Nc2snc(C)c2C#N)C(=O)N(CC)S1(=O)=O. The Kier molecular flexibility index (Phi) is 4.95. The highest BCUT2D eigenvalue weighted by molar-refractivity contribution is 7.88. The minimum atomic E-state index is -4.18. The molecule has 1 aliphatic heterocycles. The molecule has 10 nitrogen and oxygen atoms in total. The largest absolute Gasteiger partial charge is 0.330 e. The summed E-state index contributed by atoms with van der Waals surface area (Å²) >= 11 is 0.904. The monoisotopic (exact) mass is 370 g/mol. The molecule has 0 bridgehead atoms. The molecule has 2 amide bonds. The maximum absolute atomic E-state index is 12.3. The summed E-state index contributed by atoms with van der Waals surface area (Å²) in [6, 6.07) is 0.320. The smallest absolute Gasteiger partial charge is 0.271 e. The highest BCUT2D eigenvalue weighted by Gasteiger charge is 2.49. The van der Waals surface area contributed by atoms with E-state index in [1.54, 1.807) is 6.92 Å². The van der Waals surface area contributed by atoms with Crippen molar-refractivity contribution in [3.63, 3.8) is 0 Å². The maximum Gasteiger partial charge on any atom is 0.330 e. The number of nitriles is 1. The van der Waals surface area contributed by atoms with Crippen molar-refractivity contribution in [3.05, 3.63) is 11.3 Å². The third kappa shape index (κ3) is 2.76. The fraction of sp³-hybridized carbons (Fsp3) is 0.500. The van der Waals surface area contributed by atoms with Gasteiger partial charge in [-0.15, -0.1) is 5.11 Å². The molecule has 1 fully saturated rings. The molecule has 0 atom stereocenters. The molecule has 0 radical (unpaired) electrons. The van der Waals surface area contributed by atoms with Gasteiger partial charge in [-0.25, -0.2) is 8.61 Å². The maximum atomic E-state index is 12.3. The quantitative estimate of drug-likeness (QED) is 0.566. The van der Waals surface area contributed by atoms with E-state index in [0.717, 1.165) is 11.5 Å². The first-order chi connectivity index (χ1) is 11.3. The van der Waals surface area contributed by atoms with Crippen molar-refractivity contribution >= 4 is 38.6 Å². The van der Waals surface area contributed by atoms with Crippen LogP contribution < -0.4 is 0 Å². The fourth-order valence-electron chi connectivity index (χ4n) is 2.13. The van der Waals surface area contributed by atoms with Gasteiger partial charge in [0.05, 0.1) is 5.69 Å². The van der Waals surface area contributed by atoms with Crippen molar-refractivity contribution in [2.24, 2.45) is 10.2 Å². The predicted octanol–water partition coefficient (Wildman–Crippen LogP) is 0.731. The van der Waals surface area contributed by atoms with Crippen molar-refractivity contribution in [2.45, 2.75) is 26.8 Å². The molecule has 1 aliphatic rings. The van der Waals surface area contributed by atoms with Crippen LogP contribution >= 0.6 is 11.5 Å². The number of hydrogen-bond acceptors (Lipinski definition) is 9. The van der Waals surface area contributed by atoms with Gasteiger partial charge in [0, 0.05) is 13.1 Å². The molecule has 0 N–H and O–H groups in total. The molecule has 0 saturated carbocycles. The Balaban J connectivity index is 2.42. The number of amides is 2. The van der Waals surface area contributed by atoms with Crippen molar-refractivity contribution < 1.29 is 18.0 Å². The first kappa shape index (κ1) is 18.0. The summed E-state index contributed by atoms with van der Waals surface area (Å²) in [4.78, 5) is 24.6.